The van der Waals surface area contributed by atoms with Crippen LogP contribution in [0.25, 0.3) is 0 Å². The van der Waals surface area contributed by atoms with Gasteiger partial charge in [0, 0.05) is 6.42 Å². The third-order valence-corrected chi connectivity index (χ3v) is 1.89. The molecule has 2 atom stereocenters. The lowest BCUT2D eigenvalue weighted by Gasteiger charge is -2.15. The Morgan fingerprint density at radius 2 is 2.00 bits per heavy atom. The summed E-state index contributed by atoms with van der Waals surface area (Å²) < 4.78 is 4.36. The van der Waals surface area contributed by atoms with Crippen LogP contribution in [0.2, 0.25) is 0 Å². The first kappa shape index (κ1) is 14.4. The van der Waals surface area contributed by atoms with E-state index in [0.29, 0.717) is 0 Å². The first-order valence-corrected chi connectivity index (χ1v) is 4.74. The minimum absolute atomic E-state index is 0.0273. The maximum Gasteiger partial charge on any atom is 0.326 e. The van der Waals surface area contributed by atoms with Gasteiger partial charge < -0.3 is 20.9 Å². The number of esters is 1. The SMILES string of the molecule is COC(=O)CC[C@@H](NC(=O)[C@H](C)N)C(=O)O. The molecule has 92 valence electrons. The summed E-state index contributed by atoms with van der Waals surface area (Å²) in [6, 6.07) is -1.92. The van der Waals surface area contributed by atoms with E-state index in [2.05, 4.69) is 10.1 Å². The Bertz CT molecular complexity index is 277. The van der Waals surface area contributed by atoms with E-state index in [1.807, 2.05) is 0 Å². The largest absolute Gasteiger partial charge is 0.480 e. The van der Waals surface area contributed by atoms with Crippen LogP contribution in [0.3, 0.4) is 0 Å². The van der Waals surface area contributed by atoms with E-state index in [9.17, 15) is 14.4 Å². The summed E-state index contributed by atoms with van der Waals surface area (Å²) in [7, 11) is 1.21. The van der Waals surface area contributed by atoms with Crippen LogP contribution < -0.4 is 11.1 Å². The van der Waals surface area contributed by atoms with E-state index in [-0.39, 0.29) is 12.8 Å². The van der Waals surface area contributed by atoms with E-state index in [1.165, 1.54) is 14.0 Å². The molecular formula is C9H16N2O5. The Morgan fingerprint density at radius 3 is 2.38 bits per heavy atom. The number of carbonyl (C=O) groups excluding carboxylic acids is 2. The van der Waals surface area contributed by atoms with Crippen molar-refractivity contribution in [2.24, 2.45) is 5.73 Å². The lowest BCUT2D eigenvalue weighted by molar-refractivity contribution is -0.144. The van der Waals surface area contributed by atoms with Crippen molar-refractivity contribution in [2.75, 3.05) is 7.11 Å². The molecule has 16 heavy (non-hydrogen) atoms. The molecule has 0 aliphatic rings. The highest BCUT2D eigenvalue weighted by Gasteiger charge is 2.22. The van der Waals surface area contributed by atoms with E-state index in [4.69, 9.17) is 10.8 Å². The molecule has 0 spiro atoms. The molecule has 0 saturated carbocycles. The number of carboxylic acid groups (broad SMARTS) is 1. The fourth-order valence-electron chi connectivity index (χ4n) is 0.925. The van der Waals surface area contributed by atoms with Crippen molar-refractivity contribution in [3.05, 3.63) is 0 Å². The van der Waals surface area contributed by atoms with Gasteiger partial charge in [0.1, 0.15) is 6.04 Å². The maximum atomic E-state index is 11.2. The van der Waals surface area contributed by atoms with Crippen molar-refractivity contribution in [2.45, 2.75) is 31.8 Å². The topological polar surface area (TPSA) is 119 Å². The Kier molecular flexibility index (Phi) is 6.09. The zero-order valence-corrected chi connectivity index (χ0v) is 9.23. The minimum Gasteiger partial charge on any atom is -0.480 e. The lowest BCUT2D eigenvalue weighted by atomic mass is 10.1. The van der Waals surface area contributed by atoms with E-state index >= 15 is 0 Å². The molecule has 0 aromatic heterocycles. The second-order valence-electron chi connectivity index (χ2n) is 3.30. The number of aliphatic carboxylic acids is 1. The number of hydrogen-bond donors (Lipinski definition) is 3. The van der Waals surface area contributed by atoms with Crippen LogP contribution in [0.4, 0.5) is 0 Å². The van der Waals surface area contributed by atoms with Crippen LogP contribution in [0, 0.1) is 0 Å². The van der Waals surface area contributed by atoms with Gasteiger partial charge in [0.15, 0.2) is 0 Å². The Balaban J connectivity index is 4.24. The first-order chi connectivity index (χ1) is 7.38. The molecule has 0 unspecified atom stereocenters. The summed E-state index contributed by atoms with van der Waals surface area (Å²) in [5.41, 5.74) is 5.27. The number of amides is 1. The molecule has 0 heterocycles. The number of ether oxygens (including phenoxy) is 1. The standard InChI is InChI=1S/C9H16N2O5/c1-5(10)8(13)11-6(9(14)15)3-4-7(12)16-2/h5-6H,3-4,10H2,1-2H3,(H,11,13)(H,14,15)/t5-,6+/m0/s1. The van der Waals surface area contributed by atoms with E-state index < -0.39 is 29.9 Å². The number of hydrogen-bond acceptors (Lipinski definition) is 5. The van der Waals surface area contributed by atoms with Gasteiger partial charge in [0.2, 0.25) is 5.91 Å². The van der Waals surface area contributed by atoms with Gasteiger partial charge in [-0.1, -0.05) is 0 Å². The molecule has 0 aromatic rings. The van der Waals surface area contributed by atoms with Crippen LogP contribution in [0.1, 0.15) is 19.8 Å². The molecule has 0 rings (SSSR count). The molecule has 0 bridgehead atoms. The molecular weight excluding hydrogens is 216 g/mol. The molecule has 0 aliphatic heterocycles. The van der Waals surface area contributed by atoms with Gasteiger partial charge in [0.05, 0.1) is 13.2 Å². The van der Waals surface area contributed by atoms with Gasteiger partial charge in [0.25, 0.3) is 0 Å². The first-order valence-electron chi connectivity index (χ1n) is 4.74. The van der Waals surface area contributed by atoms with Crippen molar-refractivity contribution < 1.29 is 24.2 Å². The van der Waals surface area contributed by atoms with Gasteiger partial charge in [-0.25, -0.2) is 4.79 Å². The Morgan fingerprint density at radius 1 is 1.44 bits per heavy atom. The number of methoxy groups -OCH3 is 1. The monoisotopic (exact) mass is 232 g/mol. The van der Waals surface area contributed by atoms with Crippen molar-refractivity contribution in [1.82, 2.24) is 5.32 Å². The van der Waals surface area contributed by atoms with Crippen LogP contribution in [-0.2, 0) is 19.1 Å². The maximum absolute atomic E-state index is 11.2. The molecule has 0 aromatic carbocycles. The Hall–Kier alpha value is -1.63. The van der Waals surface area contributed by atoms with Gasteiger partial charge in [-0.05, 0) is 13.3 Å². The second kappa shape index (κ2) is 6.78. The van der Waals surface area contributed by atoms with Gasteiger partial charge in [-0.3, -0.25) is 9.59 Å². The van der Waals surface area contributed by atoms with Crippen LogP contribution >= 0.6 is 0 Å². The Labute approximate surface area is 92.9 Å². The molecule has 7 heteroatoms. The normalized spacial score (nSPS) is 13.7. The van der Waals surface area contributed by atoms with Gasteiger partial charge >= 0.3 is 11.9 Å². The van der Waals surface area contributed by atoms with Gasteiger partial charge in [-0.15, -0.1) is 0 Å². The molecule has 0 saturated heterocycles. The summed E-state index contributed by atoms with van der Waals surface area (Å²) in [5.74, 6) is -2.31. The molecule has 0 fully saturated rings. The highest BCUT2D eigenvalue weighted by Crippen LogP contribution is 2.00. The highest BCUT2D eigenvalue weighted by atomic mass is 16.5. The molecule has 0 aliphatic carbocycles. The van der Waals surface area contributed by atoms with E-state index in [0.717, 1.165) is 0 Å². The lowest BCUT2D eigenvalue weighted by Crippen LogP contribution is -2.47. The summed E-state index contributed by atoms with van der Waals surface area (Å²) >= 11 is 0. The number of carbonyl (C=O) groups is 3. The average molecular weight is 232 g/mol. The molecule has 0 radical (unpaired) electrons. The molecule has 4 N–H and O–H groups in total. The van der Waals surface area contributed by atoms with Crippen molar-refractivity contribution in [3.63, 3.8) is 0 Å². The quantitative estimate of drug-likeness (QED) is 0.498. The minimum atomic E-state index is -1.21. The number of rotatable bonds is 6. The average Bonchev–Trinajstić information content (AvgIpc) is 2.22. The fraction of sp³-hybridized carbons (Fsp3) is 0.667. The number of nitrogens with two attached hydrogens (primary N) is 1. The summed E-state index contributed by atoms with van der Waals surface area (Å²) in [6.07, 6.45) is -0.104. The van der Waals surface area contributed by atoms with Crippen molar-refractivity contribution in [3.8, 4) is 0 Å². The molecule has 1 amide bonds. The predicted molar refractivity (Wildman–Crippen MR) is 54.5 cm³/mol. The third kappa shape index (κ3) is 5.30. The summed E-state index contributed by atoms with van der Waals surface area (Å²) in [4.78, 5) is 32.7. The van der Waals surface area contributed by atoms with Gasteiger partial charge in [-0.2, -0.15) is 0 Å². The summed E-state index contributed by atoms with van der Waals surface area (Å²) in [5, 5.41) is 11.0. The number of nitrogens with one attached hydrogen (secondary N) is 1. The highest BCUT2D eigenvalue weighted by molar-refractivity contribution is 5.86. The number of carboxylic acids is 1. The van der Waals surface area contributed by atoms with Crippen LogP contribution in [0.5, 0.6) is 0 Å². The fourth-order valence-corrected chi connectivity index (χ4v) is 0.925. The van der Waals surface area contributed by atoms with Crippen molar-refractivity contribution >= 4 is 17.8 Å². The zero-order chi connectivity index (χ0) is 12.7. The predicted octanol–water partition coefficient (Wildman–Crippen LogP) is -1.14. The third-order valence-electron chi connectivity index (χ3n) is 1.89. The second-order valence-corrected chi connectivity index (χ2v) is 3.30. The summed E-state index contributed by atoms with van der Waals surface area (Å²) in [6.45, 7) is 1.44. The van der Waals surface area contributed by atoms with E-state index in [1.54, 1.807) is 0 Å². The zero-order valence-electron chi connectivity index (χ0n) is 9.23. The van der Waals surface area contributed by atoms with Crippen LogP contribution in [0.15, 0.2) is 0 Å². The smallest absolute Gasteiger partial charge is 0.326 e. The van der Waals surface area contributed by atoms with Crippen molar-refractivity contribution in [1.29, 1.82) is 0 Å². The molecule has 7 nitrogen and oxygen atoms in total. The van der Waals surface area contributed by atoms with Crippen LogP contribution in [-0.4, -0.2) is 42.1 Å².